The molecule has 3 heteroatoms. The zero-order valence-electron chi connectivity index (χ0n) is 13.6. The molecule has 24 heavy (non-hydrogen) atoms. The van der Waals surface area contributed by atoms with E-state index in [1.54, 1.807) is 0 Å². The van der Waals surface area contributed by atoms with Crippen molar-refractivity contribution < 1.29 is 4.79 Å². The SMILES string of the molecule is NC(=O)c1ccc2c(c1)[C@@H]1[C@H]3CC[C@@H](C3)[C@@H]1[C@H](c1ccccc1)N2. The van der Waals surface area contributed by atoms with E-state index in [9.17, 15) is 4.79 Å². The number of nitrogens with two attached hydrogens (primary N) is 1. The van der Waals surface area contributed by atoms with E-state index in [1.807, 2.05) is 18.2 Å². The molecule has 2 saturated carbocycles. The second kappa shape index (κ2) is 5.10. The molecule has 0 radical (unpaired) electrons. The molecule has 1 heterocycles. The summed E-state index contributed by atoms with van der Waals surface area (Å²) in [5.41, 5.74) is 10.0. The highest BCUT2D eigenvalue weighted by Gasteiger charge is 2.53. The number of fused-ring (bicyclic) bond motifs is 7. The lowest BCUT2D eigenvalue weighted by atomic mass is 9.68. The van der Waals surface area contributed by atoms with E-state index in [2.05, 4.69) is 35.6 Å². The van der Waals surface area contributed by atoms with Gasteiger partial charge >= 0.3 is 0 Å². The molecule has 0 aromatic heterocycles. The molecular formula is C21H22N2O. The number of rotatable bonds is 2. The molecule has 2 aromatic rings. The summed E-state index contributed by atoms with van der Waals surface area (Å²) >= 11 is 0. The molecule has 2 aromatic carbocycles. The van der Waals surface area contributed by atoms with Crippen molar-refractivity contribution in [2.75, 3.05) is 5.32 Å². The Morgan fingerprint density at radius 1 is 1.04 bits per heavy atom. The van der Waals surface area contributed by atoms with Crippen LogP contribution >= 0.6 is 0 Å². The van der Waals surface area contributed by atoms with Gasteiger partial charge in [0.2, 0.25) is 5.91 Å². The number of primary amides is 1. The van der Waals surface area contributed by atoms with Crippen LogP contribution in [0.15, 0.2) is 48.5 Å². The molecule has 1 aliphatic heterocycles. The van der Waals surface area contributed by atoms with E-state index in [0.29, 0.717) is 23.4 Å². The molecule has 3 N–H and O–H groups in total. The number of amides is 1. The Labute approximate surface area is 142 Å². The number of anilines is 1. The minimum atomic E-state index is -0.331. The zero-order chi connectivity index (χ0) is 16.3. The smallest absolute Gasteiger partial charge is 0.248 e. The van der Waals surface area contributed by atoms with Crippen molar-refractivity contribution in [2.24, 2.45) is 23.5 Å². The third-order valence-corrected chi connectivity index (χ3v) is 6.53. The van der Waals surface area contributed by atoms with Gasteiger partial charge in [-0.05, 0) is 72.3 Å². The van der Waals surface area contributed by atoms with Crippen LogP contribution < -0.4 is 11.1 Å². The van der Waals surface area contributed by atoms with Crippen LogP contribution in [-0.4, -0.2) is 5.91 Å². The molecule has 2 bridgehead atoms. The Morgan fingerprint density at radius 2 is 1.83 bits per heavy atom. The summed E-state index contributed by atoms with van der Waals surface area (Å²) < 4.78 is 0. The van der Waals surface area contributed by atoms with Crippen LogP contribution in [0.3, 0.4) is 0 Å². The van der Waals surface area contributed by atoms with E-state index in [-0.39, 0.29) is 5.91 Å². The van der Waals surface area contributed by atoms with Gasteiger partial charge in [-0.3, -0.25) is 4.79 Å². The standard InChI is InChI=1S/C21H22N2O/c22-21(24)15-8-9-17-16(11-15)18-13-6-7-14(10-13)19(18)20(23-17)12-4-2-1-3-5-12/h1-5,8-9,11,13-14,18-20,23H,6-7,10H2,(H2,22,24)/t13-,14-,18-,19-,20-/m0/s1. The summed E-state index contributed by atoms with van der Waals surface area (Å²) in [5.74, 6) is 2.41. The lowest BCUT2D eigenvalue weighted by Gasteiger charge is -2.43. The first-order valence-electron chi connectivity index (χ1n) is 8.97. The zero-order valence-corrected chi connectivity index (χ0v) is 13.6. The molecular weight excluding hydrogens is 296 g/mol. The second-order valence-electron chi connectivity index (χ2n) is 7.64. The fraction of sp³-hybridized carbons (Fsp3) is 0.381. The molecule has 122 valence electrons. The van der Waals surface area contributed by atoms with Crippen LogP contribution in [0.5, 0.6) is 0 Å². The van der Waals surface area contributed by atoms with Crippen LogP contribution in [0.25, 0.3) is 0 Å². The highest BCUT2D eigenvalue weighted by Crippen LogP contribution is 2.63. The number of benzene rings is 2. The number of nitrogens with one attached hydrogen (secondary N) is 1. The molecule has 0 unspecified atom stereocenters. The van der Waals surface area contributed by atoms with Crippen molar-refractivity contribution >= 4 is 11.6 Å². The predicted molar refractivity (Wildman–Crippen MR) is 94.8 cm³/mol. The quantitative estimate of drug-likeness (QED) is 0.876. The number of hydrogen-bond acceptors (Lipinski definition) is 2. The molecule has 5 atom stereocenters. The maximum absolute atomic E-state index is 11.6. The summed E-state index contributed by atoms with van der Waals surface area (Å²) in [4.78, 5) is 11.6. The normalized spacial score (nSPS) is 32.8. The van der Waals surface area contributed by atoms with Crippen molar-refractivity contribution in [1.82, 2.24) is 0 Å². The first-order valence-corrected chi connectivity index (χ1v) is 8.97. The minimum absolute atomic E-state index is 0.331. The third kappa shape index (κ3) is 1.94. The molecule has 5 rings (SSSR count). The van der Waals surface area contributed by atoms with E-state index < -0.39 is 0 Å². The van der Waals surface area contributed by atoms with Crippen LogP contribution in [0, 0.1) is 17.8 Å². The molecule has 0 saturated heterocycles. The molecule has 0 spiro atoms. The first-order chi connectivity index (χ1) is 11.7. The van der Waals surface area contributed by atoms with E-state index in [1.165, 1.54) is 36.1 Å². The fourth-order valence-electron chi connectivity index (χ4n) is 5.63. The van der Waals surface area contributed by atoms with E-state index >= 15 is 0 Å². The lowest BCUT2D eigenvalue weighted by Crippen LogP contribution is -2.35. The topological polar surface area (TPSA) is 55.1 Å². The number of carbonyl (C=O) groups is 1. The Balaban J connectivity index is 1.64. The number of carbonyl (C=O) groups excluding carboxylic acids is 1. The highest BCUT2D eigenvalue weighted by atomic mass is 16.1. The van der Waals surface area contributed by atoms with E-state index in [0.717, 1.165) is 11.8 Å². The monoisotopic (exact) mass is 318 g/mol. The molecule has 3 nitrogen and oxygen atoms in total. The van der Waals surface area contributed by atoms with Gasteiger partial charge in [-0.25, -0.2) is 0 Å². The average molecular weight is 318 g/mol. The van der Waals surface area contributed by atoms with Crippen LogP contribution in [-0.2, 0) is 0 Å². The Hall–Kier alpha value is -2.29. The summed E-state index contributed by atoms with van der Waals surface area (Å²) in [7, 11) is 0. The van der Waals surface area contributed by atoms with Gasteiger partial charge in [0, 0.05) is 11.3 Å². The summed E-state index contributed by atoms with van der Waals surface area (Å²) in [6, 6.07) is 17.1. The Bertz CT molecular complexity index is 801. The van der Waals surface area contributed by atoms with Gasteiger partial charge in [-0.15, -0.1) is 0 Å². The van der Waals surface area contributed by atoms with Gasteiger partial charge < -0.3 is 11.1 Å². The average Bonchev–Trinajstić information content (AvgIpc) is 3.23. The van der Waals surface area contributed by atoms with Crippen molar-refractivity contribution in [2.45, 2.75) is 31.2 Å². The van der Waals surface area contributed by atoms with Crippen molar-refractivity contribution in [3.05, 3.63) is 65.2 Å². The summed E-state index contributed by atoms with van der Waals surface area (Å²) in [5, 5.41) is 3.78. The maximum atomic E-state index is 11.6. The Kier molecular flexibility index (Phi) is 2.99. The lowest BCUT2D eigenvalue weighted by molar-refractivity contribution is 0.1000. The van der Waals surface area contributed by atoms with Crippen LogP contribution in [0.4, 0.5) is 5.69 Å². The largest absolute Gasteiger partial charge is 0.378 e. The molecule has 2 fully saturated rings. The van der Waals surface area contributed by atoms with Gasteiger partial charge in [-0.2, -0.15) is 0 Å². The molecule has 2 aliphatic carbocycles. The molecule has 1 amide bonds. The van der Waals surface area contributed by atoms with Crippen molar-refractivity contribution in [3.8, 4) is 0 Å². The summed E-state index contributed by atoms with van der Waals surface area (Å²) in [6.07, 6.45) is 4.01. The first kappa shape index (κ1) is 14.1. The van der Waals surface area contributed by atoms with E-state index in [4.69, 9.17) is 5.73 Å². The van der Waals surface area contributed by atoms with Gasteiger partial charge in [0.05, 0.1) is 6.04 Å². The van der Waals surface area contributed by atoms with Crippen LogP contribution in [0.2, 0.25) is 0 Å². The molecule has 3 aliphatic rings. The predicted octanol–water partition coefficient (Wildman–Crippen LogP) is 4.08. The number of hydrogen-bond donors (Lipinski definition) is 2. The van der Waals surface area contributed by atoms with Crippen LogP contribution in [0.1, 0.15) is 52.7 Å². The van der Waals surface area contributed by atoms with Crippen molar-refractivity contribution in [1.29, 1.82) is 0 Å². The summed E-state index contributed by atoms with van der Waals surface area (Å²) in [6.45, 7) is 0. The van der Waals surface area contributed by atoms with Crippen molar-refractivity contribution in [3.63, 3.8) is 0 Å². The highest BCUT2D eigenvalue weighted by molar-refractivity contribution is 5.93. The second-order valence-corrected chi connectivity index (χ2v) is 7.64. The van der Waals surface area contributed by atoms with Gasteiger partial charge in [0.25, 0.3) is 0 Å². The van der Waals surface area contributed by atoms with Gasteiger partial charge in [-0.1, -0.05) is 30.3 Å². The Morgan fingerprint density at radius 3 is 2.62 bits per heavy atom. The fourth-order valence-corrected chi connectivity index (χ4v) is 5.63. The minimum Gasteiger partial charge on any atom is -0.378 e. The van der Waals surface area contributed by atoms with Gasteiger partial charge in [0.1, 0.15) is 0 Å². The van der Waals surface area contributed by atoms with Gasteiger partial charge in [0.15, 0.2) is 0 Å². The third-order valence-electron chi connectivity index (χ3n) is 6.53. The maximum Gasteiger partial charge on any atom is 0.248 e.